The number of thioether (sulfide) groups is 1. The molecule has 0 aromatic carbocycles. The monoisotopic (exact) mass is 162 g/mol. The maximum atomic E-state index is 10.5. The van der Waals surface area contributed by atoms with E-state index in [0.717, 1.165) is 0 Å². The zero-order chi connectivity index (χ0) is 7.40. The summed E-state index contributed by atoms with van der Waals surface area (Å²) >= 11 is 1.20. The Morgan fingerprint density at radius 2 is 2.70 bits per heavy atom. The van der Waals surface area contributed by atoms with Crippen molar-refractivity contribution in [1.82, 2.24) is 5.16 Å². The van der Waals surface area contributed by atoms with Crippen LogP contribution in [0.3, 0.4) is 0 Å². The summed E-state index contributed by atoms with van der Waals surface area (Å²) in [7, 11) is 0. The molecule has 1 aromatic rings. The first-order valence-corrected chi connectivity index (χ1v) is 3.61. The molecule has 0 saturated heterocycles. The van der Waals surface area contributed by atoms with E-state index < -0.39 is 0 Å². The Morgan fingerprint density at radius 3 is 3.20 bits per heavy atom. The molecule has 0 saturated carbocycles. The number of hydrogen-bond acceptors (Lipinski definition) is 5. The summed E-state index contributed by atoms with van der Waals surface area (Å²) in [5.41, 5.74) is 0. The lowest BCUT2D eigenvalue weighted by molar-refractivity contribution is -0.831. The summed E-state index contributed by atoms with van der Waals surface area (Å²) in [6.07, 6.45) is 1.31. The average Bonchev–Trinajstić information content (AvgIpc) is 2.31. The lowest BCUT2D eigenvalue weighted by Crippen LogP contribution is -2.24. The van der Waals surface area contributed by atoms with Crippen molar-refractivity contribution in [2.45, 2.75) is 5.03 Å². The standard InChI is InChI=1S/C4H6N2O3S/c7-1-2-10-4-3-5-9-6(4)8/h3,7H,1-2H2. The van der Waals surface area contributed by atoms with E-state index in [0.29, 0.717) is 15.7 Å². The van der Waals surface area contributed by atoms with Gasteiger partial charge in [-0.05, 0) is 4.90 Å². The van der Waals surface area contributed by atoms with Gasteiger partial charge in [-0.15, -0.1) is 0 Å². The molecule has 0 unspecified atom stereocenters. The summed E-state index contributed by atoms with van der Waals surface area (Å²) in [4.78, 5) is 0.306. The fourth-order valence-corrected chi connectivity index (χ4v) is 0.996. The van der Waals surface area contributed by atoms with E-state index >= 15 is 0 Å². The van der Waals surface area contributed by atoms with Gasteiger partial charge in [-0.3, -0.25) is 4.63 Å². The van der Waals surface area contributed by atoms with Gasteiger partial charge in [0.15, 0.2) is 0 Å². The SMILES string of the molecule is [O-][n+]1oncc1SCCO. The Morgan fingerprint density at radius 1 is 1.90 bits per heavy atom. The minimum absolute atomic E-state index is 0.0375. The summed E-state index contributed by atoms with van der Waals surface area (Å²) in [5, 5.41) is 22.5. The quantitative estimate of drug-likeness (QED) is 0.474. The highest BCUT2D eigenvalue weighted by Crippen LogP contribution is 2.09. The number of aliphatic hydroxyl groups excluding tert-OH is 1. The summed E-state index contributed by atoms with van der Waals surface area (Å²) in [5.74, 6) is 0.476. The van der Waals surface area contributed by atoms with Gasteiger partial charge in [0.05, 0.1) is 6.61 Å². The molecule has 0 spiro atoms. The highest BCUT2D eigenvalue weighted by molar-refractivity contribution is 7.99. The maximum absolute atomic E-state index is 10.5. The molecule has 0 aliphatic heterocycles. The van der Waals surface area contributed by atoms with Gasteiger partial charge in [0.2, 0.25) is 6.20 Å². The van der Waals surface area contributed by atoms with Gasteiger partial charge >= 0.3 is 0 Å². The predicted octanol–water partition coefficient (Wildman–Crippen LogP) is -0.608. The molecule has 0 radical (unpaired) electrons. The number of aromatic nitrogens is 2. The minimum atomic E-state index is 0.0375. The second kappa shape index (κ2) is 3.43. The Balaban J connectivity index is 2.49. The third-order valence-corrected chi connectivity index (χ3v) is 1.74. The van der Waals surface area contributed by atoms with Gasteiger partial charge in [0.1, 0.15) is 0 Å². The van der Waals surface area contributed by atoms with Gasteiger partial charge < -0.3 is 10.3 Å². The summed E-state index contributed by atoms with van der Waals surface area (Å²) in [6.45, 7) is 0.0375. The van der Waals surface area contributed by atoms with Gasteiger partial charge in [-0.1, -0.05) is 11.8 Å². The van der Waals surface area contributed by atoms with Crippen molar-refractivity contribution >= 4 is 11.8 Å². The van der Waals surface area contributed by atoms with Crippen LogP contribution in [-0.2, 0) is 0 Å². The van der Waals surface area contributed by atoms with E-state index in [1.807, 2.05) is 0 Å². The van der Waals surface area contributed by atoms with Gasteiger partial charge in [-0.25, -0.2) is 0 Å². The second-order valence-electron chi connectivity index (χ2n) is 1.48. The normalized spacial score (nSPS) is 10.1. The van der Waals surface area contributed by atoms with Crippen LogP contribution in [-0.4, -0.2) is 22.6 Å². The Kier molecular flexibility index (Phi) is 2.52. The fourth-order valence-electron chi connectivity index (χ4n) is 0.439. The zero-order valence-corrected chi connectivity index (χ0v) is 5.87. The zero-order valence-electron chi connectivity index (χ0n) is 5.06. The highest BCUT2D eigenvalue weighted by atomic mass is 32.2. The largest absolute Gasteiger partial charge is 0.396 e. The molecule has 10 heavy (non-hydrogen) atoms. The van der Waals surface area contributed by atoms with E-state index in [1.54, 1.807) is 0 Å². The van der Waals surface area contributed by atoms with Crippen LogP contribution in [0.25, 0.3) is 0 Å². The molecule has 0 aliphatic carbocycles. The molecule has 0 aliphatic rings. The van der Waals surface area contributed by atoms with Crippen LogP contribution < -0.4 is 4.90 Å². The molecule has 0 amide bonds. The lowest BCUT2D eigenvalue weighted by Gasteiger charge is -1.91. The van der Waals surface area contributed by atoms with Gasteiger partial charge in [0.25, 0.3) is 5.03 Å². The summed E-state index contributed by atoms with van der Waals surface area (Å²) < 4.78 is 4.17. The predicted molar refractivity (Wildman–Crippen MR) is 33.3 cm³/mol. The third-order valence-electron chi connectivity index (χ3n) is 0.806. The Hall–Kier alpha value is -0.750. The van der Waals surface area contributed by atoms with E-state index in [1.165, 1.54) is 18.0 Å². The van der Waals surface area contributed by atoms with Crippen molar-refractivity contribution in [3.63, 3.8) is 0 Å². The van der Waals surface area contributed by atoms with E-state index in [2.05, 4.69) is 9.79 Å². The molecule has 0 fully saturated rings. The van der Waals surface area contributed by atoms with Crippen molar-refractivity contribution < 1.29 is 14.6 Å². The van der Waals surface area contributed by atoms with E-state index in [-0.39, 0.29) is 6.61 Å². The summed E-state index contributed by atoms with van der Waals surface area (Å²) in [6, 6.07) is 0. The number of nitrogens with zero attached hydrogens (tertiary/aromatic N) is 2. The van der Waals surface area contributed by atoms with Crippen molar-refractivity contribution in [3.8, 4) is 0 Å². The Bertz CT molecular complexity index is 202. The lowest BCUT2D eigenvalue weighted by atomic mass is 10.9. The molecule has 0 bridgehead atoms. The average molecular weight is 162 g/mol. The maximum Gasteiger partial charge on any atom is 0.251 e. The van der Waals surface area contributed by atoms with Crippen molar-refractivity contribution in [3.05, 3.63) is 11.4 Å². The molecule has 1 rings (SSSR count). The number of hydrogen-bond donors (Lipinski definition) is 1. The van der Waals surface area contributed by atoms with Gasteiger partial charge in [0, 0.05) is 10.9 Å². The Labute approximate surface area is 61.2 Å². The molecule has 5 nitrogen and oxygen atoms in total. The van der Waals surface area contributed by atoms with E-state index in [9.17, 15) is 5.21 Å². The van der Waals surface area contributed by atoms with Crippen LogP contribution in [0.15, 0.2) is 15.9 Å². The highest BCUT2D eigenvalue weighted by Gasteiger charge is 2.05. The number of aliphatic hydroxyl groups is 1. The third kappa shape index (κ3) is 1.61. The van der Waals surface area contributed by atoms with Crippen LogP contribution in [0, 0.1) is 5.21 Å². The number of rotatable bonds is 3. The second-order valence-corrected chi connectivity index (χ2v) is 2.60. The van der Waals surface area contributed by atoms with Crippen LogP contribution in [0.1, 0.15) is 0 Å². The van der Waals surface area contributed by atoms with Crippen molar-refractivity contribution in [2.24, 2.45) is 0 Å². The molecule has 6 heteroatoms. The fraction of sp³-hybridized carbons (Fsp3) is 0.500. The van der Waals surface area contributed by atoms with Crippen LogP contribution >= 0.6 is 11.8 Å². The first kappa shape index (κ1) is 7.36. The topological polar surface area (TPSA) is 73.2 Å². The molecular weight excluding hydrogens is 156 g/mol. The first-order valence-electron chi connectivity index (χ1n) is 2.63. The smallest absolute Gasteiger partial charge is 0.251 e. The van der Waals surface area contributed by atoms with Crippen LogP contribution in [0.5, 0.6) is 0 Å². The van der Waals surface area contributed by atoms with Crippen LogP contribution in [0.2, 0.25) is 0 Å². The van der Waals surface area contributed by atoms with E-state index in [4.69, 9.17) is 5.11 Å². The van der Waals surface area contributed by atoms with Crippen LogP contribution in [0.4, 0.5) is 0 Å². The first-order chi connectivity index (χ1) is 4.84. The van der Waals surface area contributed by atoms with Crippen molar-refractivity contribution in [1.29, 1.82) is 0 Å². The molecule has 1 N–H and O–H groups in total. The minimum Gasteiger partial charge on any atom is -0.396 e. The molecule has 1 heterocycles. The van der Waals surface area contributed by atoms with Gasteiger partial charge in [-0.2, -0.15) is 0 Å². The molecule has 56 valence electrons. The molecule has 0 atom stereocenters. The molecular formula is C4H6N2O3S. The molecule has 1 aromatic heterocycles. The van der Waals surface area contributed by atoms with Crippen molar-refractivity contribution in [2.75, 3.05) is 12.4 Å².